The average molecular weight is 267 g/mol. The van der Waals surface area contributed by atoms with Gasteiger partial charge in [-0.15, -0.1) is 0 Å². The van der Waals surface area contributed by atoms with E-state index in [0.29, 0.717) is 17.2 Å². The van der Waals surface area contributed by atoms with E-state index < -0.39 is 5.60 Å². The van der Waals surface area contributed by atoms with Crippen molar-refractivity contribution in [3.05, 3.63) is 34.9 Å². The Morgan fingerprint density at radius 3 is 2.39 bits per heavy atom. The summed E-state index contributed by atoms with van der Waals surface area (Å²) in [6.45, 7) is 2.53. The quantitative estimate of drug-likeness (QED) is 0.761. The molecule has 2 rings (SSSR count). The summed E-state index contributed by atoms with van der Waals surface area (Å²) in [4.78, 5) is 12.7. The molecule has 0 bridgehead atoms. The SMILES string of the molecule is CCOC1(C(=O)c2ccc(Cl)cc2)CCCCC1. The number of benzene rings is 1. The molecule has 0 amide bonds. The van der Waals surface area contributed by atoms with Crippen LogP contribution in [-0.2, 0) is 4.74 Å². The highest BCUT2D eigenvalue weighted by molar-refractivity contribution is 6.30. The predicted octanol–water partition coefficient (Wildman–Crippen LogP) is 4.26. The van der Waals surface area contributed by atoms with Gasteiger partial charge in [0.1, 0.15) is 5.60 Å². The molecule has 1 aliphatic carbocycles. The van der Waals surface area contributed by atoms with E-state index >= 15 is 0 Å². The summed E-state index contributed by atoms with van der Waals surface area (Å²) in [5, 5.41) is 0.653. The van der Waals surface area contributed by atoms with E-state index in [2.05, 4.69) is 0 Å². The van der Waals surface area contributed by atoms with Crippen molar-refractivity contribution in [3.63, 3.8) is 0 Å². The van der Waals surface area contributed by atoms with E-state index in [1.54, 1.807) is 24.3 Å². The van der Waals surface area contributed by atoms with Crippen LogP contribution in [0.1, 0.15) is 49.4 Å². The molecule has 2 nitrogen and oxygen atoms in total. The van der Waals surface area contributed by atoms with Gasteiger partial charge >= 0.3 is 0 Å². The third-order valence-electron chi connectivity index (χ3n) is 3.60. The Morgan fingerprint density at radius 2 is 1.83 bits per heavy atom. The number of hydrogen-bond acceptors (Lipinski definition) is 2. The Kier molecular flexibility index (Phi) is 4.41. The topological polar surface area (TPSA) is 26.3 Å². The third kappa shape index (κ3) is 2.76. The van der Waals surface area contributed by atoms with E-state index in [9.17, 15) is 4.79 Å². The van der Waals surface area contributed by atoms with Gasteiger partial charge in [0.15, 0.2) is 5.78 Å². The Balaban J connectivity index is 2.24. The highest BCUT2D eigenvalue weighted by Gasteiger charge is 2.40. The molecule has 0 N–H and O–H groups in total. The van der Waals surface area contributed by atoms with E-state index in [4.69, 9.17) is 16.3 Å². The molecular formula is C15H19ClO2. The fraction of sp³-hybridized carbons (Fsp3) is 0.533. The Labute approximate surface area is 113 Å². The van der Waals surface area contributed by atoms with Crippen LogP contribution >= 0.6 is 11.6 Å². The summed E-state index contributed by atoms with van der Waals surface area (Å²) in [5.41, 5.74) is 0.107. The zero-order valence-electron chi connectivity index (χ0n) is 10.7. The first-order valence-corrected chi connectivity index (χ1v) is 7.00. The van der Waals surface area contributed by atoms with Crippen LogP contribution in [0.25, 0.3) is 0 Å². The lowest BCUT2D eigenvalue weighted by atomic mass is 9.79. The van der Waals surface area contributed by atoms with Crippen molar-refractivity contribution in [2.75, 3.05) is 6.61 Å². The van der Waals surface area contributed by atoms with Gasteiger partial charge in [0, 0.05) is 17.2 Å². The van der Waals surface area contributed by atoms with Gasteiger partial charge in [0.05, 0.1) is 0 Å². The molecule has 1 aromatic carbocycles. The molecule has 0 spiro atoms. The fourth-order valence-electron chi connectivity index (χ4n) is 2.70. The standard InChI is InChI=1S/C15H19ClO2/c1-2-18-15(10-4-3-5-11-15)14(17)12-6-8-13(16)9-7-12/h6-9H,2-5,10-11H2,1H3. The van der Waals surface area contributed by atoms with Crippen LogP contribution in [0.4, 0.5) is 0 Å². The van der Waals surface area contributed by atoms with Crippen molar-refractivity contribution in [2.45, 2.75) is 44.6 Å². The number of Topliss-reactive ketones (excluding diaryl/α,β-unsaturated/α-hetero) is 1. The van der Waals surface area contributed by atoms with Gasteiger partial charge in [-0.2, -0.15) is 0 Å². The van der Waals surface area contributed by atoms with Gasteiger partial charge in [-0.1, -0.05) is 30.9 Å². The Morgan fingerprint density at radius 1 is 1.22 bits per heavy atom. The lowest BCUT2D eigenvalue weighted by Gasteiger charge is -2.35. The minimum Gasteiger partial charge on any atom is -0.367 e. The molecule has 0 unspecified atom stereocenters. The Bertz CT molecular complexity index is 399. The first kappa shape index (κ1) is 13.6. The van der Waals surface area contributed by atoms with Crippen LogP contribution in [-0.4, -0.2) is 18.0 Å². The van der Waals surface area contributed by atoms with Crippen LogP contribution in [0.15, 0.2) is 24.3 Å². The lowest BCUT2D eigenvalue weighted by molar-refractivity contribution is -0.0411. The Hall–Kier alpha value is -0.860. The van der Waals surface area contributed by atoms with Gasteiger partial charge < -0.3 is 4.74 Å². The molecule has 0 aliphatic heterocycles. The van der Waals surface area contributed by atoms with Crippen molar-refractivity contribution in [1.29, 1.82) is 0 Å². The highest BCUT2D eigenvalue weighted by Crippen LogP contribution is 2.34. The number of hydrogen-bond donors (Lipinski definition) is 0. The smallest absolute Gasteiger partial charge is 0.194 e. The average Bonchev–Trinajstić information content (AvgIpc) is 2.40. The molecule has 0 heterocycles. The van der Waals surface area contributed by atoms with Crippen molar-refractivity contribution >= 4 is 17.4 Å². The van der Waals surface area contributed by atoms with Crippen LogP contribution < -0.4 is 0 Å². The number of rotatable bonds is 4. The number of carbonyl (C=O) groups excluding carboxylic acids is 1. The number of ether oxygens (including phenoxy) is 1. The first-order valence-electron chi connectivity index (χ1n) is 6.62. The molecule has 1 saturated carbocycles. The number of halogens is 1. The van der Waals surface area contributed by atoms with Crippen LogP contribution in [0, 0.1) is 0 Å². The number of ketones is 1. The molecule has 1 fully saturated rings. The zero-order valence-corrected chi connectivity index (χ0v) is 11.5. The van der Waals surface area contributed by atoms with Gasteiger partial charge in [-0.3, -0.25) is 4.79 Å². The molecule has 1 aliphatic rings. The molecule has 98 valence electrons. The summed E-state index contributed by atoms with van der Waals surface area (Å²) < 4.78 is 5.83. The maximum atomic E-state index is 12.7. The fourth-order valence-corrected chi connectivity index (χ4v) is 2.83. The summed E-state index contributed by atoms with van der Waals surface area (Å²) in [7, 11) is 0. The zero-order chi connectivity index (χ0) is 13.0. The molecule has 0 radical (unpaired) electrons. The first-order chi connectivity index (χ1) is 8.68. The maximum absolute atomic E-state index is 12.7. The van der Waals surface area contributed by atoms with E-state index in [1.165, 1.54) is 6.42 Å². The second kappa shape index (κ2) is 5.85. The number of carbonyl (C=O) groups is 1. The minimum absolute atomic E-state index is 0.112. The molecule has 18 heavy (non-hydrogen) atoms. The van der Waals surface area contributed by atoms with E-state index in [0.717, 1.165) is 25.7 Å². The highest BCUT2D eigenvalue weighted by atomic mass is 35.5. The van der Waals surface area contributed by atoms with Crippen LogP contribution in [0.3, 0.4) is 0 Å². The van der Waals surface area contributed by atoms with E-state index in [-0.39, 0.29) is 5.78 Å². The molecule has 3 heteroatoms. The third-order valence-corrected chi connectivity index (χ3v) is 3.85. The van der Waals surface area contributed by atoms with Gasteiger partial charge in [-0.25, -0.2) is 0 Å². The van der Waals surface area contributed by atoms with Gasteiger partial charge in [0.2, 0.25) is 0 Å². The molecule has 0 aromatic heterocycles. The molecule has 0 atom stereocenters. The summed E-state index contributed by atoms with van der Waals surface area (Å²) in [5.74, 6) is 0.112. The summed E-state index contributed by atoms with van der Waals surface area (Å²) in [6, 6.07) is 7.11. The van der Waals surface area contributed by atoms with Crippen LogP contribution in [0.5, 0.6) is 0 Å². The van der Waals surface area contributed by atoms with Crippen LogP contribution in [0.2, 0.25) is 5.02 Å². The van der Waals surface area contributed by atoms with Crippen molar-refractivity contribution in [3.8, 4) is 0 Å². The molecular weight excluding hydrogens is 248 g/mol. The summed E-state index contributed by atoms with van der Waals surface area (Å²) in [6.07, 6.45) is 5.01. The maximum Gasteiger partial charge on any atom is 0.194 e. The largest absolute Gasteiger partial charge is 0.367 e. The second-order valence-corrected chi connectivity index (χ2v) is 5.26. The monoisotopic (exact) mass is 266 g/mol. The second-order valence-electron chi connectivity index (χ2n) is 4.82. The minimum atomic E-state index is -0.596. The van der Waals surface area contributed by atoms with Crippen molar-refractivity contribution < 1.29 is 9.53 Å². The predicted molar refractivity (Wildman–Crippen MR) is 73.2 cm³/mol. The van der Waals surface area contributed by atoms with Crippen molar-refractivity contribution in [2.24, 2.45) is 0 Å². The summed E-state index contributed by atoms with van der Waals surface area (Å²) >= 11 is 5.86. The molecule has 1 aromatic rings. The lowest BCUT2D eigenvalue weighted by Crippen LogP contribution is -2.43. The van der Waals surface area contributed by atoms with Gasteiger partial charge in [-0.05, 0) is 44.0 Å². The van der Waals surface area contributed by atoms with E-state index in [1.807, 2.05) is 6.92 Å². The van der Waals surface area contributed by atoms with Gasteiger partial charge in [0.25, 0.3) is 0 Å². The van der Waals surface area contributed by atoms with Crippen molar-refractivity contribution in [1.82, 2.24) is 0 Å². The normalized spacial score (nSPS) is 18.6. The molecule has 0 saturated heterocycles.